The lowest BCUT2D eigenvalue weighted by Crippen LogP contribution is -2.37. The van der Waals surface area contributed by atoms with Crippen LogP contribution in [0.4, 0.5) is 0 Å². The molecule has 1 rings (SSSR count). The average molecular weight is 305 g/mol. The highest BCUT2D eigenvalue weighted by Crippen LogP contribution is 2.34. The van der Waals surface area contributed by atoms with Gasteiger partial charge in [0.1, 0.15) is 17.2 Å². The van der Waals surface area contributed by atoms with Gasteiger partial charge in [0.15, 0.2) is 5.96 Å². The topological polar surface area (TPSA) is 64.1 Å². The third-order valence-electron chi connectivity index (χ3n) is 2.91. The first-order chi connectivity index (χ1) is 10.7. The molecule has 0 amide bonds. The summed E-state index contributed by atoms with van der Waals surface area (Å²) in [7, 11) is 4.80. The molecule has 0 aromatic heterocycles. The minimum absolute atomic E-state index is 0.385. The van der Waals surface area contributed by atoms with Gasteiger partial charge in [-0.25, -0.2) is 4.99 Å². The quantitative estimate of drug-likeness (QED) is 0.453. The fraction of sp³-hybridized carbons (Fsp3) is 0.438. The Morgan fingerprint density at radius 1 is 1.14 bits per heavy atom. The molecule has 0 spiro atoms. The normalized spacial score (nSPS) is 10.6. The van der Waals surface area contributed by atoms with Gasteiger partial charge in [-0.1, -0.05) is 5.92 Å². The van der Waals surface area contributed by atoms with E-state index in [0.717, 1.165) is 12.1 Å². The van der Waals surface area contributed by atoms with Crippen molar-refractivity contribution in [2.24, 2.45) is 4.99 Å². The van der Waals surface area contributed by atoms with Crippen LogP contribution in [-0.4, -0.2) is 40.4 Å². The van der Waals surface area contributed by atoms with Crippen LogP contribution in [-0.2, 0) is 6.54 Å². The number of guanidine groups is 1. The zero-order valence-corrected chi connectivity index (χ0v) is 13.5. The lowest BCUT2D eigenvalue weighted by Gasteiger charge is -2.15. The van der Waals surface area contributed by atoms with E-state index in [9.17, 15) is 0 Å². The van der Waals surface area contributed by atoms with Crippen LogP contribution in [0.1, 0.15) is 12.5 Å². The molecule has 0 aliphatic rings. The highest BCUT2D eigenvalue weighted by atomic mass is 16.5. The zero-order valence-electron chi connectivity index (χ0n) is 13.5. The lowest BCUT2D eigenvalue weighted by molar-refractivity contribution is 0.369. The van der Waals surface area contributed by atoms with Crippen molar-refractivity contribution in [1.82, 2.24) is 10.6 Å². The minimum atomic E-state index is 0.385. The Bertz CT molecular complexity index is 525. The molecule has 2 N–H and O–H groups in total. The minimum Gasteiger partial charge on any atom is -0.496 e. The second-order valence-corrected chi connectivity index (χ2v) is 4.26. The van der Waals surface area contributed by atoms with E-state index < -0.39 is 0 Å². The van der Waals surface area contributed by atoms with Gasteiger partial charge in [0.2, 0.25) is 0 Å². The average Bonchev–Trinajstić information content (AvgIpc) is 2.56. The Hall–Kier alpha value is -2.55. The molecular weight excluding hydrogens is 282 g/mol. The third kappa shape index (κ3) is 4.77. The second kappa shape index (κ2) is 9.40. The van der Waals surface area contributed by atoms with E-state index >= 15 is 0 Å². The maximum atomic E-state index is 5.40. The number of aliphatic imine (C=N–C) groups is 1. The molecule has 0 heterocycles. The standard InChI is InChI=1S/C16H23N3O3/c1-6-8-18-16(17-7-2)19-11-13-14(21-4)9-12(20-3)10-15(13)22-5/h1,9-10H,7-8,11H2,2-5H3,(H2,17,18,19). The smallest absolute Gasteiger partial charge is 0.192 e. The largest absolute Gasteiger partial charge is 0.496 e. The molecule has 0 saturated heterocycles. The monoisotopic (exact) mass is 305 g/mol. The summed E-state index contributed by atoms with van der Waals surface area (Å²) in [5.41, 5.74) is 0.837. The third-order valence-corrected chi connectivity index (χ3v) is 2.91. The number of hydrogen-bond acceptors (Lipinski definition) is 4. The Kier molecular flexibility index (Phi) is 7.48. The van der Waals surface area contributed by atoms with Crippen molar-refractivity contribution in [2.75, 3.05) is 34.4 Å². The van der Waals surface area contributed by atoms with Gasteiger partial charge < -0.3 is 24.8 Å². The summed E-state index contributed by atoms with van der Waals surface area (Å²) >= 11 is 0. The first kappa shape index (κ1) is 17.5. The maximum absolute atomic E-state index is 5.40. The number of terminal acetylenes is 1. The molecule has 120 valence electrons. The number of hydrogen-bond donors (Lipinski definition) is 2. The van der Waals surface area contributed by atoms with Crippen LogP contribution in [0.2, 0.25) is 0 Å². The molecule has 0 radical (unpaired) electrons. The van der Waals surface area contributed by atoms with Gasteiger partial charge in [-0.2, -0.15) is 0 Å². The molecule has 0 atom stereocenters. The molecule has 22 heavy (non-hydrogen) atoms. The molecule has 0 aliphatic carbocycles. The molecule has 6 heteroatoms. The summed E-state index contributed by atoms with van der Waals surface area (Å²) in [6, 6.07) is 3.60. The van der Waals surface area contributed by atoms with Crippen molar-refractivity contribution in [3.63, 3.8) is 0 Å². The highest BCUT2D eigenvalue weighted by Gasteiger charge is 2.13. The van der Waals surface area contributed by atoms with Crippen LogP contribution in [0.3, 0.4) is 0 Å². The fourth-order valence-electron chi connectivity index (χ4n) is 1.87. The Balaban J connectivity index is 3.06. The molecule has 1 aromatic carbocycles. The SMILES string of the molecule is C#CCNC(=NCc1c(OC)cc(OC)cc1OC)NCC. The molecule has 1 aromatic rings. The molecule has 0 aliphatic heterocycles. The van der Waals surface area contributed by atoms with Gasteiger partial charge in [0.05, 0.1) is 40.0 Å². The zero-order chi connectivity index (χ0) is 16.4. The van der Waals surface area contributed by atoms with Crippen LogP contribution in [0.5, 0.6) is 17.2 Å². The summed E-state index contributed by atoms with van der Waals surface area (Å²) in [6.45, 7) is 3.52. The summed E-state index contributed by atoms with van der Waals surface area (Å²) in [5, 5.41) is 6.16. The van der Waals surface area contributed by atoms with Crippen LogP contribution < -0.4 is 24.8 Å². The van der Waals surface area contributed by atoms with E-state index in [1.165, 1.54) is 0 Å². The molecule has 6 nitrogen and oxygen atoms in total. The van der Waals surface area contributed by atoms with Gasteiger partial charge in [-0.05, 0) is 6.92 Å². The van der Waals surface area contributed by atoms with Crippen molar-refractivity contribution in [3.8, 4) is 29.6 Å². The van der Waals surface area contributed by atoms with Crippen molar-refractivity contribution >= 4 is 5.96 Å². The highest BCUT2D eigenvalue weighted by molar-refractivity contribution is 5.80. The molecule has 0 saturated carbocycles. The van der Waals surface area contributed by atoms with E-state index in [0.29, 0.717) is 36.3 Å². The Morgan fingerprint density at radius 3 is 2.23 bits per heavy atom. The van der Waals surface area contributed by atoms with Gasteiger partial charge in [-0.15, -0.1) is 6.42 Å². The Morgan fingerprint density at radius 2 is 1.77 bits per heavy atom. The second-order valence-electron chi connectivity index (χ2n) is 4.26. The fourth-order valence-corrected chi connectivity index (χ4v) is 1.87. The van der Waals surface area contributed by atoms with E-state index in [2.05, 4.69) is 21.5 Å². The van der Waals surface area contributed by atoms with Crippen molar-refractivity contribution in [3.05, 3.63) is 17.7 Å². The number of methoxy groups -OCH3 is 3. The van der Waals surface area contributed by atoms with Gasteiger partial charge in [0, 0.05) is 18.7 Å². The number of benzene rings is 1. The van der Waals surface area contributed by atoms with Crippen LogP contribution in [0, 0.1) is 12.3 Å². The first-order valence-electron chi connectivity index (χ1n) is 6.94. The summed E-state index contributed by atoms with van der Waals surface area (Å²) in [5.74, 6) is 5.14. The predicted octanol–water partition coefficient (Wildman–Crippen LogP) is 1.40. The van der Waals surface area contributed by atoms with Gasteiger partial charge in [0.25, 0.3) is 0 Å². The maximum Gasteiger partial charge on any atom is 0.192 e. The summed E-state index contributed by atoms with van der Waals surface area (Å²) in [4.78, 5) is 4.49. The van der Waals surface area contributed by atoms with Crippen molar-refractivity contribution in [2.45, 2.75) is 13.5 Å². The van der Waals surface area contributed by atoms with Crippen LogP contribution >= 0.6 is 0 Å². The number of rotatable bonds is 7. The van der Waals surface area contributed by atoms with Crippen molar-refractivity contribution in [1.29, 1.82) is 0 Å². The van der Waals surface area contributed by atoms with E-state index in [-0.39, 0.29) is 0 Å². The lowest BCUT2D eigenvalue weighted by atomic mass is 10.1. The summed E-state index contributed by atoms with van der Waals surface area (Å²) < 4.78 is 16.0. The van der Waals surface area contributed by atoms with E-state index in [1.807, 2.05) is 6.92 Å². The van der Waals surface area contributed by atoms with E-state index in [4.69, 9.17) is 20.6 Å². The molecule has 0 fully saturated rings. The molecule has 0 unspecified atom stereocenters. The van der Waals surface area contributed by atoms with E-state index in [1.54, 1.807) is 33.5 Å². The predicted molar refractivity (Wildman–Crippen MR) is 87.7 cm³/mol. The molecular formula is C16H23N3O3. The Labute approximate surface area is 131 Å². The number of nitrogens with one attached hydrogen (secondary N) is 2. The summed E-state index contributed by atoms with van der Waals surface area (Å²) in [6.07, 6.45) is 5.25. The number of ether oxygens (including phenoxy) is 3. The van der Waals surface area contributed by atoms with Crippen LogP contribution in [0.25, 0.3) is 0 Å². The van der Waals surface area contributed by atoms with Crippen molar-refractivity contribution < 1.29 is 14.2 Å². The number of nitrogens with zero attached hydrogens (tertiary/aromatic N) is 1. The molecule has 0 bridgehead atoms. The van der Waals surface area contributed by atoms with Gasteiger partial charge in [-0.3, -0.25) is 0 Å². The van der Waals surface area contributed by atoms with Gasteiger partial charge >= 0.3 is 0 Å². The van der Waals surface area contributed by atoms with Crippen LogP contribution in [0.15, 0.2) is 17.1 Å². The first-order valence-corrected chi connectivity index (χ1v) is 6.94.